The third kappa shape index (κ3) is 3.05. The summed E-state index contributed by atoms with van der Waals surface area (Å²) in [7, 11) is 0. The molecule has 1 aliphatic heterocycles. The van der Waals surface area contributed by atoms with Crippen molar-refractivity contribution in [3.63, 3.8) is 0 Å². The predicted molar refractivity (Wildman–Crippen MR) is 165 cm³/mol. The first kappa shape index (κ1) is 21.6. The van der Waals surface area contributed by atoms with Crippen molar-refractivity contribution in [2.24, 2.45) is 0 Å². The summed E-state index contributed by atoms with van der Waals surface area (Å²) in [4.78, 5) is 0. The maximum Gasteiger partial charge on any atom is 0.143 e. The van der Waals surface area contributed by atoms with Crippen molar-refractivity contribution in [2.45, 2.75) is 0 Å². The highest BCUT2D eigenvalue weighted by atomic mass is 16.5. The second-order valence-electron chi connectivity index (χ2n) is 10.5. The molecule has 0 aliphatic carbocycles. The molecule has 1 aromatic heterocycles. The number of hydrogen-bond acceptors (Lipinski definition) is 2. The van der Waals surface area contributed by atoms with Crippen molar-refractivity contribution in [3.8, 4) is 44.9 Å². The maximum atomic E-state index is 6.31. The van der Waals surface area contributed by atoms with Crippen LogP contribution in [0.3, 0.4) is 0 Å². The van der Waals surface area contributed by atoms with Gasteiger partial charge in [-0.1, -0.05) is 103 Å². The van der Waals surface area contributed by atoms with Crippen LogP contribution in [0.4, 0.5) is 0 Å². The van der Waals surface area contributed by atoms with Crippen LogP contribution in [0.15, 0.2) is 138 Å². The van der Waals surface area contributed by atoms with E-state index in [2.05, 4.69) is 109 Å². The molecule has 186 valence electrons. The molecule has 8 aromatic rings. The van der Waals surface area contributed by atoms with Crippen LogP contribution in [0.2, 0.25) is 0 Å². The average molecular weight is 511 g/mol. The van der Waals surface area contributed by atoms with Gasteiger partial charge >= 0.3 is 0 Å². The summed E-state index contributed by atoms with van der Waals surface area (Å²) in [6.07, 6.45) is 0. The number of para-hydroxylation sites is 3. The van der Waals surface area contributed by atoms with Crippen LogP contribution in [0.5, 0.6) is 11.5 Å². The van der Waals surface area contributed by atoms with E-state index in [4.69, 9.17) is 9.15 Å². The molecule has 0 bridgehead atoms. The highest BCUT2D eigenvalue weighted by molar-refractivity contribution is 6.11. The van der Waals surface area contributed by atoms with Gasteiger partial charge in [-0.3, -0.25) is 0 Å². The molecule has 40 heavy (non-hydrogen) atoms. The lowest BCUT2D eigenvalue weighted by atomic mass is 9.90. The van der Waals surface area contributed by atoms with Gasteiger partial charge in [0.1, 0.15) is 22.7 Å². The topological polar surface area (TPSA) is 22.4 Å². The van der Waals surface area contributed by atoms with Gasteiger partial charge in [0, 0.05) is 27.3 Å². The quantitative estimate of drug-likeness (QED) is 0.231. The minimum Gasteiger partial charge on any atom is -0.456 e. The first-order valence-corrected chi connectivity index (χ1v) is 13.6. The van der Waals surface area contributed by atoms with Crippen molar-refractivity contribution in [2.75, 3.05) is 0 Å². The molecule has 0 saturated carbocycles. The first-order chi connectivity index (χ1) is 19.8. The standard InChI is InChI=1S/C38H22O2/c1-3-13-34-29(7-1)32-11-6-10-31-27(19-20-36(39-34)37(31)32)25-17-15-24-22-26(18-16-23(24)21-25)28-9-5-12-33-30-8-2-4-14-35(30)40-38(28)33/h1-22H. The summed E-state index contributed by atoms with van der Waals surface area (Å²) < 4.78 is 12.6. The van der Waals surface area contributed by atoms with Gasteiger partial charge < -0.3 is 9.15 Å². The van der Waals surface area contributed by atoms with E-state index < -0.39 is 0 Å². The van der Waals surface area contributed by atoms with E-state index >= 15 is 0 Å². The second kappa shape index (κ2) is 8.08. The Morgan fingerprint density at radius 1 is 0.400 bits per heavy atom. The third-order valence-corrected chi connectivity index (χ3v) is 8.27. The molecule has 0 atom stereocenters. The average Bonchev–Trinajstić information content (AvgIpc) is 3.40. The SMILES string of the molecule is c1ccc2c(c1)Oc1ccc(-c3ccc4cc(-c5cccc6c5oc5ccccc56)ccc4c3)c3cccc-2c13. The molecule has 9 rings (SSSR count). The van der Waals surface area contributed by atoms with E-state index in [1.807, 2.05) is 24.3 Å². The molecule has 7 aromatic carbocycles. The Kier molecular flexibility index (Phi) is 4.36. The molecule has 0 fully saturated rings. The normalized spacial score (nSPS) is 12.2. The fraction of sp³-hybridized carbons (Fsp3) is 0. The number of fused-ring (bicyclic) bond motifs is 6. The molecule has 2 heteroatoms. The molecule has 0 unspecified atom stereocenters. The predicted octanol–water partition coefficient (Wildman–Crippen LogP) is 11.0. The second-order valence-corrected chi connectivity index (χ2v) is 10.5. The van der Waals surface area contributed by atoms with E-state index in [9.17, 15) is 0 Å². The summed E-state index contributed by atoms with van der Waals surface area (Å²) in [5, 5.41) is 7.09. The molecular weight excluding hydrogens is 488 g/mol. The van der Waals surface area contributed by atoms with Crippen molar-refractivity contribution in [1.29, 1.82) is 0 Å². The van der Waals surface area contributed by atoms with Gasteiger partial charge in [-0.15, -0.1) is 0 Å². The molecule has 0 radical (unpaired) electrons. The zero-order chi connectivity index (χ0) is 26.2. The van der Waals surface area contributed by atoms with Gasteiger partial charge in [0.25, 0.3) is 0 Å². The summed E-state index contributed by atoms with van der Waals surface area (Å²) in [6.45, 7) is 0. The van der Waals surface area contributed by atoms with Crippen molar-refractivity contribution in [3.05, 3.63) is 133 Å². The Morgan fingerprint density at radius 3 is 1.95 bits per heavy atom. The monoisotopic (exact) mass is 510 g/mol. The lowest BCUT2D eigenvalue weighted by Crippen LogP contribution is -1.97. The summed E-state index contributed by atoms with van der Waals surface area (Å²) >= 11 is 0. The molecule has 0 amide bonds. The van der Waals surface area contributed by atoms with Gasteiger partial charge in [0.2, 0.25) is 0 Å². The Labute approximate surface area is 230 Å². The van der Waals surface area contributed by atoms with Crippen LogP contribution < -0.4 is 4.74 Å². The number of ether oxygens (including phenoxy) is 1. The first-order valence-electron chi connectivity index (χ1n) is 13.6. The zero-order valence-corrected chi connectivity index (χ0v) is 21.5. The highest BCUT2D eigenvalue weighted by Crippen LogP contribution is 2.48. The van der Waals surface area contributed by atoms with Gasteiger partial charge in [-0.25, -0.2) is 0 Å². The molecule has 0 saturated heterocycles. The fourth-order valence-corrected chi connectivity index (χ4v) is 6.39. The summed E-state index contributed by atoms with van der Waals surface area (Å²) in [5.74, 6) is 1.83. The smallest absolute Gasteiger partial charge is 0.143 e. The zero-order valence-electron chi connectivity index (χ0n) is 21.5. The Morgan fingerprint density at radius 2 is 1.07 bits per heavy atom. The molecular formula is C38H22O2. The van der Waals surface area contributed by atoms with Crippen LogP contribution in [0.25, 0.3) is 76.9 Å². The van der Waals surface area contributed by atoms with Crippen LogP contribution in [-0.2, 0) is 0 Å². The molecule has 0 N–H and O–H groups in total. The van der Waals surface area contributed by atoms with E-state index in [0.29, 0.717) is 0 Å². The number of benzene rings is 7. The van der Waals surface area contributed by atoms with E-state index in [-0.39, 0.29) is 0 Å². The van der Waals surface area contributed by atoms with Gasteiger partial charge in [-0.2, -0.15) is 0 Å². The van der Waals surface area contributed by atoms with Gasteiger partial charge in [-0.05, 0) is 68.7 Å². The minimum absolute atomic E-state index is 0.912. The fourth-order valence-electron chi connectivity index (χ4n) is 6.39. The Bertz CT molecular complexity index is 2300. The number of hydrogen-bond donors (Lipinski definition) is 0. The minimum atomic E-state index is 0.912. The van der Waals surface area contributed by atoms with E-state index in [1.54, 1.807) is 0 Å². The lowest BCUT2D eigenvalue weighted by molar-refractivity contribution is 0.487. The van der Waals surface area contributed by atoms with Crippen LogP contribution in [-0.4, -0.2) is 0 Å². The van der Waals surface area contributed by atoms with Gasteiger partial charge in [0.05, 0.1) is 0 Å². The summed E-state index contributed by atoms with van der Waals surface area (Å²) in [5.41, 5.74) is 8.90. The van der Waals surface area contributed by atoms with Crippen molar-refractivity contribution in [1.82, 2.24) is 0 Å². The Hall–Kier alpha value is -5.34. The highest BCUT2D eigenvalue weighted by Gasteiger charge is 2.21. The van der Waals surface area contributed by atoms with E-state index in [0.717, 1.165) is 50.1 Å². The number of furan rings is 1. The van der Waals surface area contributed by atoms with Crippen molar-refractivity contribution >= 4 is 43.5 Å². The summed E-state index contributed by atoms with van der Waals surface area (Å²) in [6, 6.07) is 47.2. The lowest BCUT2D eigenvalue weighted by Gasteiger charge is -2.22. The van der Waals surface area contributed by atoms with Crippen LogP contribution >= 0.6 is 0 Å². The molecule has 1 aliphatic rings. The van der Waals surface area contributed by atoms with Crippen LogP contribution in [0.1, 0.15) is 0 Å². The molecule has 0 spiro atoms. The largest absolute Gasteiger partial charge is 0.456 e. The maximum absolute atomic E-state index is 6.31. The number of rotatable bonds is 2. The van der Waals surface area contributed by atoms with Gasteiger partial charge in [0.15, 0.2) is 0 Å². The van der Waals surface area contributed by atoms with Crippen LogP contribution in [0, 0.1) is 0 Å². The van der Waals surface area contributed by atoms with Crippen molar-refractivity contribution < 1.29 is 9.15 Å². The molecule has 2 nitrogen and oxygen atoms in total. The molecule has 2 heterocycles. The van der Waals surface area contributed by atoms with E-state index in [1.165, 1.54) is 38.2 Å². The third-order valence-electron chi connectivity index (χ3n) is 8.27. The Balaban J connectivity index is 1.18.